The lowest BCUT2D eigenvalue weighted by molar-refractivity contribution is 0.946. The molecular formula is C17H14BrN. The van der Waals surface area contributed by atoms with Gasteiger partial charge in [-0.05, 0) is 35.4 Å². The molecule has 2 heteroatoms. The molecule has 1 aromatic heterocycles. The van der Waals surface area contributed by atoms with Gasteiger partial charge in [0, 0.05) is 22.9 Å². The lowest BCUT2D eigenvalue weighted by atomic mass is 10.1. The lowest BCUT2D eigenvalue weighted by Crippen LogP contribution is -1.94. The maximum Gasteiger partial charge on any atom is 0.0482 e. The van der Waals surface area contributed by atoms with E-state index in [1.807, 2.05) is 6.07 Å². The van der Waals surface area contributed by atoms with E-state index in [0.29, 0.717) is 0 Å². The molecule has 1 nitrogen and oxygen atoms in total. The summed E-state index contributed by atoms with van der Waals surface area (Å²) in [6.45, 7) is 0. The van der Waals surface area contributed by atoms with Crippen molar-refractivity contribution < 1.29 is 0 Å². The van der Waals surface area contributed by atoms with E-state index >= 15 is 0 Å². The highest BCUT2D eigenvalue weighted by Crippen LogP contribution is 2.28. The topological polar surface area (TPSA) is 4.93 Å². The first-order chi connectivity index (χ1) is 9.25. The Morgan fingerprint density at radius 1 is 0.684 bits per heavy atom. The van der Waals surface area contributed by atoms with Crippen molar-refractivity contribution >= 4 is 15.9 Å². The number of nitrogens with zero attached hydrogens (tertiary/aromatic N) is 1. The van der Waals surface area contributed by atoms with E-state index in [4.69, 9.17) is 0 Å². The summed E-state index contributed by atoms with van der Waals surface area (Å²) in [7, 11) is 2.11. The molecule has 0 bridgehead atoms. The van der Waals surface area contributed by atoms with Gasteiger partial charge >= 0.3 is 0 Å². The lowest BCUT2D eigenvalue weighted by Gasteiger charge is -2.08. The fraction of sp³-hybridized carbons (Fsp3) is 0.0588. The third-order valence-electron chi connectivity index (χ3n) is 3.33. The molecule has 0 saturated carbocycles. The Morgan fingerprint density at radius 3 is 1.79 bits per heavy atom. The second kappa shape index (κ2) is 5.06. The van der Waals surface area contributed by atoms with Crippen LogP contribution >= 0.6 is 15.9 Å². The van der Waals surface area contributed by atoms with Gasteiger partial charge in [-0.25, -0.2) is 0 Å². The summed E-state index contributed by atoms with van der Waals surface area (Å²) in [5.74, 6) is 0. The number of benzene rings is 2. The van der Waals surface area contributed by atoms with E-state index in [9.17, 15) is 0 Å². The molecule has 0 amide bonds. The molecule has 0 aliphatic rings. The van der Waals surface area contributed by atoms with Crippen LogP contribution in [0.3, 0.4) is 0 Å². The van der Waals surface area contributed by atoms with Crippen molar-refractivity contribution in [2.75, 3.05) is 0 Å². The van der Waals surface area contributed by atoms with Gasteiger partial charge in [0.25, 0.3) is 0 Å². The van der Waals surface area contributed by atoms with Crippen LogP contribution in [0.2, 0.25) is 0 Å². The molecule has 0 atom stereocenters. The zero-order valence-corrected chi connectivity index (χ0v) is 12.3. The summed E-state index contributed by atoms with van der Waals surface area (Å²) < 4.78 is 3.34. The summed E-state index contributed by atoms with van der Waals surface area (Å²) in [6, 6.07) is 23.2. The molecule has 0 unspecified atom stereocenters. The van der Waals surface area contributed by atoms with Gasteiger partial charge in [0.15, 0.2) is 0 Å². The van der Waals surface area contributed by atoms with Crippen LogP contribution in [0.1, 0.15) is 0 Å². The van der Waals surface area contributed by atoms with Crippen LogP contribution in [0.5, 0.6) is 0 Å². The summed E-state index contributed by atoms with van der Waals surface area (Å²) in [5.41, 5.74) is 4.94. The van der Waals surface area contributed by atoms with Crippen LogP contribution in [0.15, 0.2) is 71.2 Å². The molecule has 0 fully saturated rings. The van der Waals surface area contributed by atoms with Gasteiger partial charge in [0.2, 0.25) is 0 Å². The minimum Gasteiger partial charge on any atom is -0.344 e. The third kappa shape index (κ3) is 2.36. The number of hydrogen-bond donors (Lipinski definition) is 0. The van der Waals surface area contributed by atoms with Gasteiger partial charge in [0.1, 0.15) is 0 Å². The highest BCUT2D eigenvalue weighted by molar-refractivity contribution is 9.10. The first kappa shape index (κ1) is 12.2. The average molecular weight is 312 g/mol. The minimum absolute atomic E-state index is 1.11. The van der Waals surface area contributed by atoms with E-state index in [-0.39, 0.29) is 0 Å². The van der Waals surface area contributed by atoms with Crippen molar-refractivity contribution in [3.63, 3.8) is 0 Å². The van der Waals surface area contributed by atoms with Crippen LogP contribution in [-0.4, -0.2) is 4.57 Å². The van der Waals surface area contributed by atoms with E-state index < -0.39 is 0 Å². The van der Waals surface area contributed by atoms with Crippen molar-refractivity contribution in [2.24, 2.45) is 7.05 Å². The number of hydrogen-bond acceptors (Lipinski definition) is 0. The maximum absolute atomic E-state index is 3.47. The normalized spacial score (nSPS) is 10.6. The summed E-state index contributed by atoms with van der Waals surface area (Å²) >= 11 is 3.47. The molecule has 0 saturated heterocycles. The fourth-order valence-corrected chi connectivity index (χ4v) is 2.58. The van der Waals surface area contributed by atoms with E-state index in [1.54, 1.807) is 0 Å². The van der Waals surface area contributed by atoms with Crippen LogP contribution in [0.25, 0.3) is 22.5 Å². The van der Waals surface area contributed by atoms with E-state index in [1.165, 1.54) is 22.5 Å². The zero-order chi connectivity index (χ0) is 13.2. The molecule has 0 radical (unpaired) electrons. The predicted molar refractivity (Wildman–Crippen MR) is 84.0 cm³/mol. The Kier molecular flexibility index (Phi) is 3.26. The van der Waals surface area contributed by atoms with Crippen LogP contribution in [-0.2, 0) is 7.05 Å². The number of aromatic nitrogens is 1. The molecule has 1 heterocycles. The Bertz CT molecular complexity index is 681. The Balaban J connectivity index is 2.06. The van der Waals surface area contributed by atoms with Crippen LogP contribution in [0, 0.1) is 0 Å². The second-order valence-electron chi connectivity index (χ2n) is 4.54. The second-order valence-corrected chi connectivity index (χ2v) is 5.45. The van der Waals surface area contributed by atoms with Crippen LogP contribution in [0.4, 0.5) is 0 Å². The Morgan fingerprint density at radius 2 is 1.21 bits per heavy atom. The SMILES string of the molecule is Cn1c(-c2ccccc2)ccc1-c1ccc(Br)cc1. The average Bonchev–Trinajstić information content (AvgIpc) is 2.83. The summed E-state index contributed by atoms with van der Waals surface area (Å²) in [4.78, 5) is 0. The van der Waals surface area contributed by atoms with Gasteiger partial charge in [-0.1, -0.05) is 58.4 Å². The first-order valence-electron chi connectivity index (χ1n) is 6.23. The van der Waals surface area contributed by atoms with E-state index in [2.05, 4.69) is 88.2 Å². The standard InChI is InChI=1S/C17H14BrN/c1-19-16(13-5-3-2-4-6-13)11-12-17(19)14-7-9-15(18)10-8-14/h2-12H,1H3. The molecule has 2 aromatic carbocycles. The van der Waals surface area contributed by atoms with Crippen molar-refractivity contribution in [3.05, 3.63) is 71.2 Å². The van der Waals surface area contributed by atoms with Crippen LogP contribution < -0.4 is 0 Å². The van der Waals surface area contributed by atoms with Gasteiger partial charge in [0.05, 0.1) is 0 Å². The Labute approximate surface area is 121 Å². The smallest absolute Gasteiger partial charge is 0.0482 e. The Hall–Kier alpha value is -1.80. The van der Waals surface area contributed by atoms with Crippen molar-refractivity contribution in [2.45, 2.75) is 0 Å². The van der Waals surface area contributed by atoms with Crippen molar-refractivity contribution in [1.29, 1.82) is 0 Å². The van der Waals surface area contributed by atoms with Gasteiger partial charge in [-0.3, -0.25) is 0 Å². The monoisotopic (exact) mass is 311 g/mol. The summed E-state index contributed by atoms with van der Waals surface area (Å²) in [6.07, 6.45) is 0. The third-order valence-corrected chi connectivity index (χ3v) is 3.86. The highest BCUT2D eigenvalue weighted by atomic mass is 79.9. The van der Waals surface area contributed by atoms with Gasteiger partial charge in [-0.2, -0.15) is 0 Å². The number of halogens is 1. The summed E-state index contributed by atoms with van der Waals surface area (Å²) in [5, 5.41) is 0. The molecule has 0 N–H and O–H groups in total. The zero-order valence-electron chi connectivity index (χ0n) is 10.7. The number of rotatable bonds is 2. The first-order valence-corrected chi connectivity index (χ1v) is 7.02. The maximum atomic E-state index is 3.47. The largest absolute Gasteiger partial charge is 0.344 e. The molecule has 3 aromatic rings. The quantitative estimate of drug-likeness (QED) is 0.619. The fourth-order valence-electron chi connectivity index (χ4n) is 2.32. The molecule has 3 rings (SSSR count). The molecule has 0 aliphatic carbocycles. The molecule has 0 aliphatic heterocycles. The predicted octanol–water partition coefficient (Wildman–Crippen LogP) is 5.12. The van der Waals surface area contributed by atoms with E-state index in [0.717, 1.165) is 4.47 Å². The minimum atomic E-state index is 1.11. The van der Waals surface area contributed by atoms with Gasteiger partial charge < -0.3 is 4.57 Å². The molecular weight excluding hydrogens is 298 g/mol. The highest BCUT2D eigenvalue weighted by Gasteiger charge is 2.08. The van der Waals surface area contributed by atoms with Gasteiger partial charge in [-0.15, -0.1) is 0 Å². The van der Waals surface area contributed by atoms with Crippen molar-refractivity contribution in [3.8, 4) is 22.5 Å². The molecule has 0 spiro atoms. The van der Waals surface area contributed by atoms with Crippen molar-refractivity contribution in [1.82, 2.24) is 4.57 Å². The molecule has 19 heavy (non-hydrogen) atoms. The molecule has 94 valence electrons.